The second-order valence-corrected chi connectivity index (χ2v) is 8.73. The summed E-state index contributed by atoms with van der Waals surface area (Å²) in [6, 6.07) is 13.8. The summed E-state index contributed by atoms with van der Waals surface area (Å²) in [6.45, 7) is 4.11. The Morgan fingerprint density at radius 1 is 1.11 bits per heavy atom. The number of benzene rings is 2. The highest BCUT2D eigenvalue weighted by molar-refractivity contribution is 7.54. The maximum atomic E-state index is 13.2. The maximum Gasteiger partial charge on any atom is 0.347 e. The van der Waals surface area contributed by atoms with Crippen molar-refractivity contribution in [2.75, 3.05) is 20.3 Å². The van der Waals surface area contributed by atoms with Gasteiger partial charge in [-0.25, -0.2) is 0 Å². The summed E-state index contributed by atoms with van der Waals surface area (Å²) in [5.74, 6) is -1.35. The lowest BCUT2D eigenvalue weighted by Gasteiger charge is -2.24. The molecule has 27 heavy (non-hydrogen) atoms. The van der Waals surface area contributed by atoms with Gasteiger partial charge in [-0.05, 0) is 42.7 Å². The standard InChI is InChI=1S/C20H26NO5P/c1-4-25-27(23,26-5-2)18-13-17(20(22)24-3)19(21-18)16-11-10-14-8-6-7-9-15(14)12-16/h6-12,17-19,21H,4-5,13H2,1-3H3/t17-,18+,19-/m0/s1. The first kappa shape index (κ1) is 20.0. The number of carbonyl (C=O) groups excluding carboxylic acids is 1. The van der Waals surface area contributed by atoms with Crippen molar-refractivity contribution < 1.29 is 23.1 Å². The first-order valence-electron chi connectivity index (χ1n) is 9.23. The first-order chi connectivity index (χ1) is 13.0. The second kappa shape index (κ2) is 8.53. The van der Waals surface area contributed by atoms with Crippen LogP contribution in [0.25, 0.3) is 10.8 Å². The molecule has 1 heterocycles. The highest BCUT2D eigenvalue weighted by Crippen LogP contribution is 2.57. The monoisotopic (exact) mass is 391 g/mol. The Balaban J connectivity index is 1.95. The molecular formula is C20H26NO5P. The molecule has 0 radical (unpaired) electrons. The molecule has 0 spiro atoms. The van der Waals surface area contributed by atoms with Crippen molar-refractivity contribution >= 4 is 24.3 Å². The van der Waals surface area contributed by atoms with Crippen molar-refractivity contribution in [3.05, 3.63) is 48.0 Å². The molecule has 6 nitrogen and oxygen atoms in total. The third kappa shape index (κ3) is 4.09. The average Bonchev–Trinajstić information content (AvgIpc) is 3.13. The Bertz CT molecular complexity index is 845. The summed E-state index contributed by atoms with van der Waals surface area (Å²) >= 11 is 0. The van der Waals surface area contributed by atoms with Crippen LogP contribution in [0.3, 0.4) is 0 Å². The zero-order chi connectivity index (χ0) is 19.4. The molecule has 3 atom stereocenters. The van der Waals surface area contributed by atoms with Crippen LogP contribution in [0.5, 0.6) is 0 Å². The number of ether oxygens (including phenoxy) is 1. The van der Waals surface area contributed by atoms with E-state index in [9.17, 15) is 9.36 Å². The van der Waals surface area contributed by atoms with Crippen LogP contribution in [0.15, 0.2) is 42.5 Å². The van der Waals surface area contributed by atoms with E-state index in [1.807, 2.05) is 36.4 Å². The van der Waals surface area contributed by atoms with Gasteiger partial charge in [-0.1, -0.05) is 36.4 Å². The Morgan fingerprint density at radius 2 is 1.78 bits per heavy atom. The molecule has 2 aromatic carbocycles. The minimum atomic E-state index is -3.38. The fraction of sp³-hybridized carbons (Fsp3) is 0.450. The molecule has 146 valence electrons. The summed E-state index contributed by atoms with van der Waals surface area (Å²) in [6.07, 6.45) is 0.335. The van der Waals surface area contributed by atoms with E-state index in [1.165, 1.54) is 7.11 Å². The number of esters is 1. The van der Waals surface area contributed by atoms with Crippen LogP contribution in [0.1, 0.15) is 31.9 Å². The topological polar surface area (TPSA) is 73.9 Å². The van der Waals surface area contributed by atoms with E-state index < -0.39 is 19.3 Å². The van der Waals surface area contributed by atoms with Gasteiger partial charge in [-0.15, -0.1) is 0 Å². The van der Waals surface area contributed by atoms with Gasteiger partial charge in [0.05, 0.1) is 26.2 Å². The van der Waals surface area contributed by atoms with E-state index in [4.69, 9.17) is 13.8 Å². The molecule has 0 bridgehead atoms. The van der Waals surface area contributed by atoms with Crippen molar-refractivity contribution in [2.45, 2.75) is 32.1 Å². The molecule has 3 rings (SSSR count). The van der Waals surface area contributed by atoms with Crippen molar-refractivity contribution in [1.82, 2.24) is 5.32 Å². The largest absolute Gasteiger partial charge is 0.469 e. The molecule has 0 amide bonds. The van der Waals surface area contributed by atoms with Crippen LogP contribution in [-0.2, 0) is 23.1 Å². The van der Waals surface area contributed by atoms with Gasteiger partial charge >= 0.3 is 13.6 Å². The Kier molecular flexibility index (Phi) is 6.33. The van der Waals surface area contributed by atoms with Gasteiger partial charge in [0.15, 0.2) is 0 Å². The molecule has 1 aliphatic rings. The highest BCUT2D eigenvalue weighted by atomic mass is 31.2. The first-order valence-corrected chi connectivity index (χ1v) is 10.8. The number of nitrogens with one attached hydrogen (secondary N) is 1. The van der Waals surface area contributed by atoms with Crippen LogP contribution in [-0.4, -0.2) is 32.1 Å². The van der Waals surface area contributed by atoms with Gasteiger partial charge in [0.25, 0.3) is 0 Å². The second-order valence-electron chi connectivity index (χ2n) is 6.51. The molecule has 0 aromatic heterocycles. The van der Waals surface area contributed by atoms with Gasteiger partial charge in [0.2, 0.25) is 0 Å². The third-order valence-corrected chi connectivity index (χ3v) is 7.25. The van der Waals surface area contributed by atoms with E-state index in [0.29, 0.717) is 6.42 Å². The predicted molar refractivity (Wildman–Crippen MR) is 105 cm³/mol. The van der Waals surface area contributed by atoms with E-state index in [1.54, 1.807) is 13.8 Å². The van der Waals surface area contributed by atoms with Crippen molar-refractivity contribution in [2.24, 2.45) is 5.92 Å². The molecule has 1 N–H and O–H groups in total. The lowest BCUT2D eigenvalue weighted by molar-refractivity contribution is -0.145. The van der Waals surface area contributed by atoms with Crippen LogP contribution in [0, 0.1) is 5.92 Å². The van der Waals surface area contributed by atoms with Crippen LogP contribution in [0.2, 0.25) is 0 Å². The molecule has 1 fully saturated rings. The van der Waals surface area contributed by atoms with E-state index >= 15 is 0 Å². The third-order valence-electron chi connectivity index (χ3n) is 4.89. The molecule has 0 unspecified atom stereocenters. The molecule has 0 aliphatic carbocycles. The predicted octanol–water partition coefficient (Wildman–Crippen LogP) is 4.26. The molecule has 2 aromatic rings. The average molecular weight is 391 g/mol. The number of fused-ring (bicyclic) bond motifs is 1. The molecule has 0 saturated carbocycles. The lowest BCUT2D eigenvalue weighted by Crippen LogP contribution is -2.28. The summed E-state index contributed by atoms with van der Waals surface area (Å²) in [5, 5.41) is 5.54. The number of hydrogen-bond acceptors (Lipinski definition) is 6. The summed E-state index contributed by atoms with van der Waals surface area (Å²) in [7, 11) is -2.01. The van der Waals surface area contributed by atoms with Gasteiger partial charge in [0, 0.05) is 6.04 Å². The van der Waals surface area contributed by atoms with Gasteiger partial charge in [-0.2, -0.15) is 0 Å². The van der Waals surface area contributed by atoms with E-state index in [2.05, 4.69) is 11.4 Å². The zero-order valence-corrected chi connectivity index (χ0v) is 16.8. The molecule has 1 aliphatic heterocycles. The highest BCUT2D eigenvalue weighted by Gasteiger charge is 2.48. The van der Waals surface area contributed by atoms with Crippen LogP contribution < -0.4 is 5.32 Å². The number of hydrogen-bond donors (Lipinski definition) is 1. The smallest absolute Gasteiger partial charge is 0.347 e. The number of carbonyl (C=O) groups is 1. The van der Waals surface area contributed by atoms with Crippen molar-refractivity contribution in [3.8, 4) is 0 Å². The van der Waals surface area contributed by atoms with Gasteiger partial charge < -0.3 is 13.8 Å². The summed E-state index contributed by atoms with van der Waals surface area (Å²) < 4.78 is 29.2. The Labute approximate surface area is 159 Å². The Hall–Kier alpha value is -1.72. The summed E-state index contributed by atoms with van der Waals surface area (Å²) in [4.78, 5) is 12.4. The van der Waals surface area contributed by atoms with Crippen molar-refractivity contribution in [3.63, 3.8) is 0 Å². The quantitative estimate of drug-likeness (QED) is 0.562. The van der Waals surface area contributed by atoms with Gasteiger partial charge in [-0.3, -0.25) is 14.7 Å². The fourth-order valence-electron chi connectivity index (χ4n) is 3.68. The molecule has 1 saturated heterocycles. The zero-order valence-electron chi connectivity index (χ0n) is 15.9. The van der Waals surface area contributed by atoms with Crippen LogP contribution in [0.4, 0.5) is 0 Å². The molecule has 7 heteroatoms. The minimum Gasteiger partial charge on any atom is -0.469 e. The lowest BCUT2D eigenvalue weighted by atomic mass is 9.93. The van der Waals surface area contributed by atoms with Gasteiger partial charge in [0.1, 0.15) is 5.78 Å². The minimum absolute atomic E-state index is 0.277. The van der Waals surface area contributed by atoms with Crippen LogP contribution >= 0.6 is 7.60 Å². The Morgan fingerprint density at radius 3 is 2.41 bits per heavy atom. The normalized spacial score (nSPS) is 22.9. The van der Waals surface area contributed by atoms with E-state index in [0.717, 1.165) is 16.3 Å². The van der Waals surface area contributed by atoms with Crippen molar-refractivity contribution in [1.29, 1.82) is 0 Å². The SMILES string of the molecule is CCOP(=O)(OCC)[C@@H]1C[C@H](C(=O)OC)[C@H](c2ccc3ccccc3c2)N1. The summed E-state index contributed by atoms with van der Waals surface area (Å²) in [5.41, 5.74) is 0.950. The number of rotatable bonds is 7. The number of methoxy groups -OCH3 is 1. The van der Waals surface area contributed by atoms with E-state index in [-0.39, 0.29) is 25.2 Å². The fourth-order valence-corrected chi connectivity index (χ4v) is 5.66. The maximum absolute atomic E-state index is 13.2. The molecular weight excluding hydrogens is 365 g/mol.